The van der Waals surface area contributed by atoms with Crippen LogP contribution in [0.15, 0.2) is 47.8 Å². The van der Waals surface area contributed by atoms with Crippen molar-refractivity contribution in [3.05, 3.63) is 58.3 Å². The van der Waals surface area contributed by atoms with Crippen LogP contribution in [0.1, 0.15) is 22.8 Å². The van der Waals surface area contributed by atoms with Crippen molar-refractivity contribution in [2.24, 2.45) is 5.92 Å². The molecular weight excluding hydrogens is 282 g/mol. The number of benzene rings is 1. The van der Waals surface area contributed by atoms with Gasteiger partial charge in [0.15, 0.2) is 0 Å². The summed E-state index contributed by atoms with van der Waals surface area (Å²) in [4.78, 5) is 15.1. The number of hydrogen-bond acceptors (Lipinski definition) is 3. The van der Waals surface area contributed by atoms with Crippen molar-refractivity contribution in [3.63, 3.8) is 0 Å². The Hall–Kier alpha value is -1.65. The topological polar surface area (TPSA) is 40.5 Å². The second-order valence-electron chi connectivity index (χ2n) is 5.58. The molecule has 0 spiro atoms. The molecule has 0 amide bonds. The average molecular weight is 301 g/mol. The maximum absolute atomic E-state index is 11.6. The van der Waals surface area contributed by atoms with Crippen molar-refractivity contribution < 1.29 is 9.90 Å². The number of piperidine rings is 1. The third-order valence-corrected chi connectivity index (χ3v) is 5.18. The normalized spacial score (nSPS) is 23.0. The van der Waals surface area contributed by atoms with Crippen LogP contribution in [0.5, 0.6) is 0 Å². The minimum Gasteiger partial charge on any atom is -0.481 e. The number of nitrogens with zero attached hydrogens (tertiary/aromatic N) is 1. The van der Waals surface area contributed by atoms with Gasteiger partial charge in [-0.3, -0.25) is 9.69 Å². The molecule has 3 nitrogen and oxygen atoms in total. The number of rotatable bonds is 4. The van der Waals surface area contributed by atoms with E-state index in [0.717, 1.165) is 19.5 Å². The molecule has 2 heterocycles. The first-order valence-corrected chi connectivity index (χ1v) is 8.14. The Morgan fingerprint density at radius 1 is 1.24 bits per heavy atom. The summed E-state index contributed by atoms with van der Waals surface area (Å²) in [6.45, 7) is 2.43. The zero-order chi connectivity index (χ0) is 14.7. The van der Waals surface area contributed by atoms with E-state index < -0.39 is 5.97 Å². The first kappa shape index (κ1) is 14.3. The molecule has 0 aliphatic carbocycles. The molecule has 4 heteroatoms. The first-order chi connectivity index (χ1) is 10.2. The second-order valence-corrected chi connectivity index (χ2v) is 6.56. The van der Waals surface area contributed by atoms with Gasteiger partial charge in [0.1, 0.15) is 0 Å². The molecule has 1 aromatic carbocycles. The summed E-state index contributed by atoms with van der Waals surface area (Å²) >= 11 is 1.67. The van der Waals surface area contributed by atoms with E-state index in [2.05, 4.69) is 23.1 Å². The van der Waals surface area contributed by atoms with Crippen LogP contribution < -0.4 is 0 Å². The van der Waals surface area contributed by atoms with Crippen LogP contribution in [0.3, 0.4) is 0 Å². The minimum absolute atomic E-state index is 0.162. The Morgan fingerprint density at radius 3 is 2.71 bits per heavy atom. The highest BCUT2D eigenvalue weighted by molar-refractivity contribution is 7.10. The summed E-state index contributed by atoms with van der Waals surface area (Å²) in [5, 5.41) is 11.6. The second kappa shape index (κ2) is 6.41. The van der Waals surface area contributed by atoms with Crippen molar-refractivity contribution in [2.45, 2.75) is 18.9 Å². The largest absolute Gasteiger partial charge is 0.481 e. The van der Waals surface area contributed by atoms with Gasteiger partial charge >= 0.3 is 5.97 Å². The van der Waals surface area contributed by atoms with Crippen molar-refractivity contribution in [1.29, 1.82) is 0 Å². The lowest BCUT2D eigenvalue weighted by Crippen LogP contribution is -2.42. The van der Waals surface area contributed by atoms with Crippen molar-refractivity contribution in [2.75, 3.05) is 13.1 Å². The van der Waals surface area contributed by atoms with Gasteiger partial charge in [-0.05, 0) is 30.0 Å². The molecule has 1 aliphatic heterocycles. The highest BCUT2D eigenvalue weighted by atomic mass is 32.1. The van der Waals surface area contributed by atoms with E-state index in [1.54, 1.807) is 11.3 Å². The van der Waals surface area contributed by atoms with Crippen LogP contribution in [0.4, 0.5) is 0 Å². The molecule has 0 bridgehead atoms. The molecule has 2 unspecified atom stereocenters. The smallest absolute Gasteiger partial charge is 0.308 e. The molecule has 3 rings (SSSR count). The Kier molecular flexibility index (Phi) is 4.36. The lowest BCUT2D eigenvalue weighted by molar-refractivity contribution is -0.144. The van der Waals surface area contributed by atoms with E-state index in [9.17, 15) is 9.90 Å². The maximum atomic E-state index is 11.6. The van der Waals surface area contributed by atoms with E-state index in [1.165, 1.54) is 10.4 Å². The summed E-state index contributed by atoms with van der Waals surface area (Å²) in [6.07, 6.45) is 0.921. The molecule has 2 aromatic rings. The third kappa shape index (κ3) is 3.34. The first-order valence-electron chi connectivity index (χ1n) is 7.26. The van der Waals surface area contributed by atoms with Gasteiger partial charge in [0.05, 0.1) is 5.92 Å². The highest BCUT2D eigenvalue weighted by Crippen LogP contribution is 2.36. The fourth-order valence-electron chi connectivity index (χ4n) is 3.10. The van der Waals surface area contributed by atoms with E-state index in [1.807, 2.05) is 29.6 Å². The standard InChI is InChI=1S/C17H19NO2S/c19-17(20)15-12-18(11-13-5-2-1-3-6-13)9-8-14(15)16-7-4-10-21-16/h1-7,10,14-15H,8-9,11-12H2,(H,19,20). The lowest BCUT2D eigenvalue weighted by Gasteiger charge is -2.36. The molecule has 110 valence electrons. The van der Waals surface area contributed by atoms with E-state index in [4.69, 9.17) is 0 Å². The summed E-state index contributed by atoms with van der Waals surface area (Å²) in [5.74, 6) is -0.818. The Labute approximate surface area is 128 Å². The number of thiophene rings is 1. The number of carboxylic acid groups (broad SMARTS) is 1. The van der Waals surface area contributed by atoms with Gasteiger partial charge in [-0.2, -0.15) is 0 Å². The van der Waals surface area contributed by atoms with Crippen LogP contribution in [-0.4, -0.2) is 29.1 Å². The zero-order valence-corrected chi connectivity index (χ0v) is 12.6. The Balaban J connectivity index is 1.71. The Bertz CT molecular complexity index is 582. The molecule has 1 aromatic heterocycles. The SMILES string of the molecule is O=C(O)C1CN(Cc2ccccc2)CCC1c1cccs1. The quantitative estimate of drug-likeness (QED) is 0.940. The Morgan fingerprint density at radius 2 is 2.05 bits per heavy atom. The van der Waals surface area contributed by atoms with E-state index >= 15 is 0 Å². The molecular formula is C17H19NO2S. The molecule has 1 fully saturated rings. The number of hydrogen-bond donors (Lipinski definition) is 1. The number of likely N-dealkylation sites (tertiary alicyclic amines) is 1. The van der Waals surface area contributed by atoms with Gasteiger partial charge in [-0.15, -0.1) is 11.3 Å². The summed E-state index contributed by atoms with van der Waals surface area (Å²) in [5.41, 5.74) is 1.25. The summed E-state index contributed by atoms with van der Waals surface area (Å²) in [7, 11) is 0. The van der Waals surface area contributed by atoms with E-state index in [0.29, 0.717) is 6.54 Å². The predicted molar refractivity (Wildman–Crippen MR) is 84.5 cm³/mol. The van der Waals surface area contributed by atoms with Crippen LogP contribution in [0, 0.1) is 5.92 Å². The summed E-state index contributed by atoms with van der Waals surface area (Å²) < 4.78 is 0. The van der Waals surface area contributed by atoms with Gasteiger partial charge in [-0.1, -0.05) is 36.4 Å². The molecule has 0 radical (unpaired) electrons. The minimum atomic E-state index is -0.675. The number of aliphatic carboxylic acids is 1. The molecule has 1 saturated heterocycles. The van der Waals surface area contributed by atoms with Gasteiger partial charge in [0.2, 0.25) is 0 Å². The zero-order valence-electron chi connectivity index (χ0n) is 11.8. The van der Waals surface area contributed by atoms with Crippen molar-refractivity contribution in [3.8, 4) is 0 Å². The van der Waals surface area contributed by atoms with Gasteiger partial charge in [-0.25, -0.2) is 0 Å². The van der Waals surface area contributed by atoms with Gasteiger partial charge < -0.3 is 5.11 Å². The average Bonchev–Trinajstić information content (AvgIpc) is 3.02. The van der Waals surface area contributed by atoms with E-state index in [-0.39, 0.29) is 11.8 Å². The maximum Gasteiger partial charge on any atom is 0.308 e. The van der Waals surface area contributed by atoms with Crippen LogP contribution in [-0.2, 0) is 11.3 Å². The summed E-state index contributed by atoms with van der Waals surface area (Å²) in [6, 6.07) is 14.3. The number of carbonyl (C=O) groups is 1. The fourth-order valence-corrected chi connectivity index (χ4v) is 4.03. The van der Waals surface area contributed by atoms with Crippen LogP contribution in [0.25, 0.3) is 0 Å². The van der Waals surface area contributed by atoms with Gasteiger partial charge in [0.25, 0.3) is 0 Å². The third-order valence-electron chi connectivity index (χ3n) is 4.17. The molecule has 21 heavy (non-hydrogen) atoms. The molecule has 1 aliphatic rings. The van der Waals surface area contributed by atoms with Crippen LogP contribution in [0.2, 0.25) is 0 Å². The van der Waals surface area contributed by atoms with Gasteiger partial charge in [0, 0.05) is 23.9 Å². The van der Waals surface area contributed by atoms with Crippen LogP contribution >= 0.6 is 11.3 Å². The fraction of sp³-hybridized carbons (Fsp3) is 0.353. The van der Waals surface area contributed by atoms with Crippen molar-refractivity contribution >= 4 is 17.3 Å². The molecule has 1 N–H and O–H groups in total. The molecule has 2 atom stereocenters. The molecule has 0 saturated carbocycles. The number of carboxylic acids is 1. The monoisotopic (exact) mass is 301 g/mol. The lowest BCUT2D eigenvalue weighted by atomic mass is 9.84. The predicted octanol–water partition coefficient (Wildman–Crippen LogP) is 3.44. The van der Waals surface area contributed by atoms with Crippen molar-refractivity contribution in [1.82, 2.24) is 4.90 Å². The highest BCUT2D eigenvalue weighted by Gasteiger charge is 2.35.